The van der Waals surface area contributed by atoms with Gasteiger partial charge in [0, 0.05) is 12.7 Å². The van der Waals surface area contributed by atoms with Gasteiger partial charge in [0.15, 0.2) is 0 Å². The van der Waals surface area contributed by atoms with Gasteiger partial charge < -0.3 is 5.73 Å². The largest absolute Gasteiger partial charge is 0.321 e. The summed E-state index contributed by atoms with van der Waals surface area (Å²) >= 11 is 0. The van der Waals surface area contributed by atoms with E-state index in [1.807, 2.05) is 6.92 Å². The molecule has 0 aliphatic carbocycles. The van der Waals surface area contributed by atoms with Crippen LogP contribution in [0.5, 0.6) is 0 Å². The molecule has 0 saturated heterocycles. The molecule has 0 aromatic rings. The second-order valence-electron chi connectivity index (χ2n) is 3.95. The van der Waals surface area contributed by atoms with Crippen LogP contribution >= 0.6 is 0 Å². The second-order valence-corrected chi connectivity index (χ2v) is 6.21. The van der Waals surface area contributed by atoms with Gasteiger partial charge in [-0.05, 0) is 19.8 Å². The molecule has 5 heteroatoms. The Balaban J connectivity index is 3.95. The van der Waals surface area contributed by atoms with Crippen LogP contribution in [0.4, 0.5) is 0 Å². The number of rotatable bonds is 7. The molecule has 0 fully saturated rings. The van der Waals surface area contributed by atoms with E-state index in [-0.39, 0.29) is 18.0 Å². The van der Waals surface area contributed by atoms with Crippen molar-refractivity contribution in [1.29, 1.82) is 0 Å². The van der Waals surface area contributed by atoms with E-state index < -0.39 is 15.9 Å². The minimum atomic E-state index is -3.03. The molecule has 0 aromatic heterocycles. The zero-order chi connectivity index (χ0) is 12.1. The lowest BCUT2D eigenvalue weighted by Gasteiger charge is -2.09. The van der Waals surface area contributed by atoms with Crippen molar-refractivity contribution in [2.24, 2.45) is 5.73 Å². The van der Waals surface area contributed by atoms with Crippen molar-refractivity contribution in [2.75, 3.05) is 12.0 Å². The van der Waals surface area contributed by atoms with Crippen LogP contribution in [-0.4, -0.2) is 32.3 Å². The summed E-state index contributed by atoms with van der Waals surface area (Å²) in [4.78, 5) is 11.4. The number of allylic oxidation sites excluding steroid dienone is 1. The summed E-state index contributed by atoms with van der Waals surface area (Å²) in [7, 11) is -3.03. The van der Waals surface area contributed by atoms with Crippen molar-refractivity contribution >= 4 is 15.6 Å². The van der Waals surface area contributed by atoms with Crippen molar-refractivity contribution < 1.29 is 13.2 Å². The van der Waals surface area contributed by atoms with Gasteiger partial charge in [-0.25, -0.2) is 8.42 Å². The van der Waals surface area contributed by atoms with E-state index in [2.05, 4.69) is 6.58 Å². The summed E-state index contributed by atoms with van der Waals surface area (Å²) in [5, 5.41) is 0. The van der Waals surface area contributed by atoms with Gasteiger partial charge in [-0.15, -0.1) is 6.58 Å². The fourth-order valence-electron chi connectivity index (χ4n) is 1.02. The monoisotopic (exact) mass is 233 g/mol. The summed E-state index contributed by atoms with van der Waals surface area (Å²) in [5.41, 5.74) is 6.50. The molecule has 0 aliphatic rings. The quantitative estimate of drug-likeness (QED) is 0.656. The van der Waals surface area contributed by atoms with E-state index in [0.29, 0.717) is 12.8 Å². The standard InChI is InChI=1S/C10H19NO3S/c1-8(2)4-5-10(12)9(11)6-7-15(3,13)14/h9H,1,4-7,11H2,2-3H3. The fraction of sp³-hybridized carbons (Fsp3) is 0.700. The first-order valence-corrected chi connectivity index (χ1v) is 6.89. The Hall–Kier alpha value is -0.680. The molecule has 0 spiro atoms. The number of carbonyl (C=O) groups excluding carboxylic acids is 1. The Morgan fingerprint density at radius 2 is 1.93 bits per heavy atom. The molecule has 0 heterocycles. The van der Waals surface area contributed by atoms with E-state index in [1.54, 1.807) is 0 Å². The highest BCUT2D eigenvalue weighted by Gasteiger charge is 2.15. The maximum atomic E-state index is 11.4. The number of hydrogen-bond donors (Lipinski definition) is 1. The van der Waals surface area contributed by atoms with E-state index in [9.17, 15) is 13.2 Å². The number of hydrogen-bond acceptors (Lipinski definition) is 4. The molecule has 2 N–H and O–H groups in total. The van der Waals surface area contributed by atoms with Crippen LogP contribution in [0.15, 0.2) is 12.2 Å². The molecule has 0 aliphatic heterocycles. The molecule has 0 rings (SSSR count). The molecule has 0 saturated carbocycles. The van der Waals surface area contributed by atoms with E-state index in [0.717, 1.165) is 11.8 Å². The predicted molar refractivity (Wildman–Crippen MR) is 61.4 cm³/mol. The van der Waals surface area contributed by atoms with Crippen LogP contribution in [0.2, 0.25) is 0 Å². The maximum Gasteiger partial charge on any atom is 0.149 e. The number of ketones is 1. The molecule has 0 amide bonds. The Morgan fingerprint density at radius 1 is 1.40 bits per heavy atom. The molecular weight excluding hydrogens is 214 g/mol. The second kappa shape index (κ2) is 6.02. The van der Waals surface area contributed by atoms with Gasteiger partial charge in [0.25, 0.3) is 0 Å². The zero-order valence-electron chi connectivity index (χ0n) is 9.32. The Kier molecular flexibility index (Phi) is 5.75. The van der Waals surface area contributed by atoms with Crippen molar-refractivity contribution in [3.05, 3.63) is 12.2 Å². The SMILES string of the molecule is C=C(C)CCC(=O)C(N)CCS(C)(=O)=O. The van der Waals surface area contributed by atoms with Crippen molar-refractivity contribution in [2.45, 2.75) is 32.2 Å². The van der Waals surface area contributed by atoms with Crippen molar-refractivity contribution in [3.63, 3.8) is 0 Å². The number of carbonyl (C=O) groups is 1. The van der Waals surface area contributed by atoms with Crippen LogP contribution in [-0.2, 0) is 14.6 Å². The summed E-state index contributed by atoms with van der Waals surface area (Å²) in [5.74, 6) is -0.130. The number of nitrogens with two attached hydrogens (primary N) is 1. The normalized spacial score (nSPS) is 13.5. The van der Waals surface area contributed by atoms with Crippen molar-refractivity contribution in [3.8, 4) is 0 Å². The summed E-state index contributed by atoms with van der Waals surface area (Å²) < 4.78 is 21.7. The van der Waals surface area contributed by atoms with Gasteiger partial charge in [0.05, 0.1) is 11.8 Å². The van der Waals surface area contributed by atoms with Crippen LogP contribution < -0.4 is 5.73 Å². The van der Waals surface area contributed by atoms with Crippen LogP contribution in [0.3, 0.4) is 0 Å². The third-order valence-corrected chi connectivity index (χ3v) is 2.99. The van der Waals surface area contributed by atoms with E-state index in [4.69, 9.17) is 5.73 Å². The molecule has 0 aromatic carbocycles. The molecule has 0 radical (unpaired) electrons. The predicted octanol–water partition coefficient (Wildman–Crippen LogP) is 0.674. The Labute approximate surface area is 91.5 Å². The lowest BCUT2D eigenvalue weighted by atomic mass is 10.0. The van der Waals surface area contributed by atoms with Crippen molar-refractivity contribution in [1.82, 2.24) is 0 Å². The summed E-state index contributed by atoms with van der Waals surface area (Å²) in [6.07, 6.45) is 2.30. The lowest BCUT2D eigenvalue weighted by molar-refractivity contribution is -0.120. The van der Waals surface area contributed by atoms with E-state index in [1.165, 1.54) is 0 Å². The third-order valence-electron chi connectivity index (χ3n) is 2.01. The van der Waals surface area contributed by atoms with Gasteiger partial charge in [-0.3, -0.25) is 4.79 Å². The van der Waals surface area contributed by atoms with Gasteiger partial charge in [-0.2, -0.15) is 0 Å². The average Bonchev–Trinajstić information content (AvgIpc) is 2.08. The summed E-state index contributed by atoms with van der Waals surface area (Å²) in [6.45, 7) is 5.53. The first-order chi connectivity index (χ1) is 6.72. The van der Waals surface area contributed by atoms with E-state index >= 15 is 0 Å². The Bertz CT molecular complexity index is 333. The van der Waals surface area contributed by atoms with Gasteiger partial charge in [-0.1, -0.05) is 5.57 Å². The molecule has 1 atom stereocenters. The smallest absolute Gasteiger partial charge is 0.149 e. The molecule has 15 heavy (non-hydrogen) atoms. The van der Waals surface area contributed by atoms with Crippen LogP contribution in [0.25, 0.3) is 0 Å². The van der Waals surface area contributed by atoms with Gasteiger partial charge in [0.2, 0.25) is 0 Å². The maximum absolute atomic E-state index is 11.4. The molecule has 0 bridgehead atoms. The van der Waals surface area contributed by atoms with Gasteiger partial charge >= 0.3 is 0 Å². The van der Waals surface area contributed by atoms with Crippen LogP contribution in [0, 0.1) is 0 Å². The third kappa shape index (κ3) is 8.32. The zero-order valence-corrected chi connectivity index (χ0v) is 10.1. The molecule has 1 unspecified atom stereocenters. The lowest BCUT2D eigenvalue weighted by Crippen LogP contribution is -2.32. The first-order valence-electron chi connectivity index (χ1n) is 4.83. The highest BCUT2D eigenvalue weighted by molar-refractivity contribution is 7.90. The van der Waals surface area contributed by atoms with Gasteiger partial charge in [0.1, 0.15) is 15.6 Å². The highest BCUT2D eigenvalue weighted by Crippen LogP contribution is 2.05. The molecular formula is C10H19NO3S. The minimum Gasteiger partial charge on any atom is -0.321 e. The first kappa shape index (κ1) is 14.3. The highest BCUT2D eigenvalue weighted by atomic mass is 32.2. The Morgan fingerprint density at radius 3 is 2.33 bits per heavy atom. The minimum absolute atomic E-state index is 0.0347. The number of sulfone groups is 1. The van der Waals surface area contributed by atoms with Crippen LogP contribution in [0.1, 0.15) is 26.2 Å². The number of Topliss-reactive ketones (excluding diaryl/α,β-unsaturated/α-hetero) is 1. The fourth-order valence-corrected chi connectivity index (χ4v) is 1.71. The molecule has 4 nitrogen and oxygen atoms in total. The molecule has 88 valence electrons. The summed E-state index contributed by atoms with van der Waals surface area (Å²) in [6, 6.07) is -0.668. The topological polar surface area (TPSA) is 77.2 Å². The average molecular weight is 233 g/mol.